The molecule has 0 aliphatic heterocycles. The Morgan fingerprint density at radius 1 is 0.553 bits per heavy atom. The van der Waals surface area contributed by atoms with Crippen molar-refractivity contribution < 1.29 is 36.7 Å². The summed E-state index contributed by atoms with van der Waals surface area (Å²) in [5.74, 6) is -0.319. The standard InChI is InChI=1S/C8H5F3O.C8H8O.C7H5FO.C7H6O/c9-8(10,11)7-3-1-2-6(4-7)5-12;1-7-4-2-3-5-8(7)6-9;8-7-3-1-6(5-9)2-4-7;8-6-7-4-2-1-3-5-7/h1-5H;2-6H,1H3;1-5H;1-6H. The number of carbonyl (C=O) groups is 4. The van der Waals surface area contributed by atoms with Gasteiger partial charge in [0.15, 0.2) is 0 Å². The molecule has 4 nitrogen and oxygen atoms in total. The number of rotatable bonds is 4. The van der Waals surface area contributed by atoms with Crippen LogP contribution in [0.1, 0.15) is 52.6 Å². The van der Waals surface area contributed by atoms with Gasteiger partial charge < -0.3 is 0 Å². The topological polar surface area (TPSA) is 68.3 Å². The molecule has 38 heavy (non-hydrogen) atoms. The first-order chi connectivity index (χ1) is 18.1. The van der Waals surface area contributed by atoms with Gasteiger partial charge in [0.05, 0.1) is 5.56 Å². The molecule has 0 amide bonds. The summed E-state index contributed by atoms with van der Waals surface area (Å²) >= 11 is 0. The summed E-state index contributed by atoms with van der Waals surface area (Å²) in [6, 6.07) is 26.2. The lowest BCUT2D eigenvalue weighted by molar-refractivity contribution is -0.137. The molecule has 0 radical (unpaired) electrons. The lowest BCUT2D eigenvalue weighted by Crippen LogP contribution is -2.04. The van der Waals surface area contributed by atoms with Gasteiger partial charge in [-0.25, -0.2) is 4.39 Å². The van der Waals surface area contributed by atoms with Gasteiger partial charge in [0.2, 0.25) is 0 Å². The highest BCUT2D eigenvalue weighted by Crippen LogP contribution is 2.29. The predicted octanol–water partition coefficient (Wildman–Crippen LogP) is 7.46. The molecule has 0 saturated carbocycles. The lowest BCUT2D eigenvalue weighted by Gasteiger charge is -2.05. The fourth-order valence-electron chi connectivity index (χ4n) is 2.58. The third-order valence-electron chi connectivity index (χ3n) is 4.61. The molecule has 196 valence electrons. The van der Waals surface area contributed by atoms with E-state index in [0.29, 0.717) is 18.1 Å². The highest BCUT2D eigenvalue weighted by molar-refractivity contribution is 5.77. The van der Waals surface area contributed by atoms with Crippen molar-refractivity contribution in [2.45, 2.75) is 13.1 Å². The fraction of sp³-hybridized carbons (Fsp3) is 0.0667. The summed E-state index contributed by atoms with van der Waals surface area (Å²) in [6.45, 7) is 1.92. The van der Waals surface area contributed by atoms with Crippen molar-refractivity contribution in [3.63, 3.8) is 0 Å². The van der Waals surface area contributed by atoms with Crippen LogP contribution in [0.5, 0.6) is 0 Å². The molecular formula is C30H24F4O4. The zero-order valence-corrected chi connectivity index (χ0v) is 20.3. The first kappa shape index (κ1) is 31.3. The van der Waals surface area contributed by atoms with E-state index in [9.17, 15) is 36.7 Å². The van der Waals surface area contributed by atoms with Crippen LogP contribution in [0, 0.1) is 12.7 Å². The normalized spacial score (nSPS) is 9.61. The number of benzene rings is 4. The molecular weight excluding hydrogens is 500 g/mol. The van der Waals surface area contributed by atoms with E-state index in [1.165, 1.54) is 36.4 Å². The highest BCUT2D eigenvalue weighted by atomic mass is 19.4. The molecule has 0 aliphatic carbocycles. The van der Waals surface area contributed by atoms with Crippen LogP contribution in [0.25, 0.3) is 0 Å². The van der Waals surface area contributed by atoms with Crippen molar-refractivity contribution in [3.8, 4) is 0 Å². The maximum Gasteiger partial charge on any atom is 0.416 e. The average molecular weight is 525 g/mol. The van der Waals surface area contributed by atoms with E-state index < -0.39 is 11.7 Å². The molecule has 0 aliphatic rings. The molecule has 0 unspecified atom stereocenters. The van der Waals surface area contributed by atoms with Crippen molar-refractivity contribution in [2.24, 2.45) is 0 Å². The van der Waals surface area contributed by atoms with E-state index in [-0.39, 0.29) is 11.4 Å². The number of carbonyl (C=O) groups excluding carboxylic acids is 4. The number of halogens is 4. The molecule has 0 aromatic heterocycles. The van der Waals surface area contributed by atoms with E-state index in [0.717, 1.165) is 41.4 Å². The Labute approximate surface area is 217 Å². The summed E-state index contributed by atoms with van der Waals surface area (Å²) in [4.78, 5) is 40.3. The van der Waals surface area contributed by atoms with Crippen molar-refractivity contribution in [2.75, 3.05) is 0 Å². The zero-order valence-electron chi connectivity index (χ0n) is 20.3. The largest absolute Gasteiger partial charge is 0.416 e. The van der Waals surface area contributed by atoms with E-state index in [4.69, 9.17) is 0 Å². The Hall–Kier alpha value is -4.72. The van der Waals surface area contributed by atoms with Gasteiger partial charge in [-0.3, -0.25) is 19.2 Å². The van der Waals surface area contributed by atoms with Crippen LogP contribution in [0.4, 0.5) is 17.6 Å². The van der Waals surface area contributed by atoms with Gasteiger partial charge in [-0.15, -0.1) is 0 Å². The average Bonchev–Trinajstić information content (AvgIpc) is 2.95. The zero-order chi connectivity index (χ0) is 28.4. The van der Waals surface area contributed by atoms with Crippen molar-refractivity contribution >= 4 is 25.1 Å². The molecule has 0 heterocycles. The molecule has 4 rings (SSSR count). The minimum atomic E-state index is -4.38. The first-order valence-electron chi connectivity index (χ1n) is 11.0. The van der Waals surface area contributed by atoms with Gasteiger partial charge in [0, 0.05) is 22.3 Å². The van der Waals surface area contributed by atoms with Crippen molar-refractivity contribution in [3.05, 3.63) is 142 Å². The number of hydrogen-bond acceptors (Lipinski definition) is 4. The molecule has 0 fully saturated rings. The van der Waals surface area contributed by atoms with Gasteiger partial charge in [0.1, 0.15) is 31.0 Å². The maximum absolute atomic E-state index is 12.1. The van der Waals surface area contributed by atoms with Crippen molar-refractivity contribution in [1.29, 1.82) is 0 Å². The summed E-state index contributed by atoms with van der Waals surface area (Å²) in [7, 11) is 0. The molecule has 0 atom stereocenters. The number of aryl methyl sites for hydroxylation is 1. The quantitative estimate of drug-likeness (QED) is 0.205. The molecule has 0 spiro atoms. The molecule has 0 bridgehead atoms. The third-order valence-corrected chi connectivity index (χ3v) is 4.61. The van der Waals surface area contributed by atoms with Crippen LogP contribution in [0.2, 0.25) is 0 Å². The van der Waals surface area contributed by atoms with Crippen LogP contribution >= 0.6 is 0 Å². The van der Waals surface area contributed by atoms with Crippen LogP contribution in [-0.2, 0) is 6.18 Å². The van der Waals surface area contributed by atoms with E-state index >= 15 is 0 Å². The predicted molar refractivity (Wildman–Crippen MR) is 137 cm³/mol. The number of aldehydes is 4. The Morgan fingerprint density at radius 2 is 1.05 bits per heavy atom. The highest BCUT2D eigenvalue weighted by Gasteiger charge is 2.30. The van der Waals surface area contributed by atoms with E-state index in [1.807, 2.05) is 49.4 Å². The van der Waals surface area contributed by atoms with Gasteiger partial charge in [0.25, 0.3) is 0 Å². The van der Waals surface area contributed by atoms with E-state index in [1.54, 1.807) is 12.1 Å². The minimum Gasteiger partial charge on any atom is -0.298 e. The SMILES string of the molecule is Cc1ccccc1C=O.O=Cc1ccc(F)cc1.O=Cc1cccc(C(F)(F)F)c1.O=Cc1ccccc1. The van der Waals surface area contributed by atoms with Gasteiger partial charge in [-0.05, 0) is 48.9 Å². The van der Waals surface area contributed by atoms with Crippen LogP contribution in [0.3, 0.4) is 0 Å². The second-order valence-electron chi connectivity index (χ2n) is 7.41. The van der Waals surface area contributed by atoms with Crippen LogP contribution in [0.15, 0.2) is 103 Å². The molecule has 8 heteroatoms. The Kier molecular flexibility index (Phi) is 13.9. The summed E-state index contributed by atoms with van der Waals surface area (Å²) in [5, 5.41) is 0. The maximum atomic E-state index is 12.1. The van der Waals surface area contributed by atoms with Gasteiger partial charge in [-0.2, -0.15) is 13.2 Å². The van der Waals surface area contributed by atoms with Gasteiger partial charge in [-0.1, -0.05) is 66.7 Å². The van der Waals surface area contributed by atoms with E-state index in [2.05, 4.69) is 0 Å². The Morgan fingerprint density at radius 3 is 1.50 bits per heavy atom. The molecule has 4 aromatic carbocycles. The minimum absolute atomic E-state index is 0.0322. The van der Waals surface area contributed by atoms with Gasteiger partial charge >= 0.3 is 6.18 Å². The number of hydrogen-bond donors (Lipinski definition) is 0. The molecule has 0 N–H and O–H groups in total. The summed E-state index contributed by atoms with van der Waals surface area (Å²) < 4.78 is 48.1. The van der Waals surface area contributed by atoms with Crippen LogP contribution in [-0.4, -0.2) is 25.1 Å². The first-order valence-corrected chi connectivity index (χ1v) is 11.0. The Bertz CT molecular complexity index is 1290. The van der Waals surface area contributed by atoms with Crippen molar-refractivity contribution in [1.82, 2.24) is 0 Å². The van der Waals surface area contributed by atoms with Crippen LogP contribution < -0.4 is 0 Å². The summed E-state index contributed by atoms with van der Waals surface area (Å²) in [5.41, 5.74) is 2.27. The second-order valence-corrected chi connectivity index (χ2v) is 7.41. The lowest BCUT2D eigenvalue weighted by atomic mass is 10.1. The second kappa shape index (κ2) is 16.9. The number of alkyl halides is 3. The smallest absolute Gasteiger partial charge is 0.298 e. The monoisotopic (exact) mass is 524 g/mol. The fourth-order valence-corrected chi connectivity index (χ4v) is 2.58. The molecule has 4 aromatic rings. The third kappa shape index (κ3) is 12.3. The Balaban J connectivity index is 0.000000256. The summed E-state index contributed by atoms with van der Waals surface area (Å²) in [6.07, 6.45) is -1.61. The molecule has 0 saturated heterocycles.